The van der Waals surface area contributed by atoms with Gasteiger partial charge in [-0.3, -0.25) is 0 Å². The van der Waals surface area contributed by atoms with Gasteiger partial charge in [-0.15, -0.1) is 0 Å². The number of rotatable bonds is 8. The minimum atomic E-state index is -2.92. The van der Waals surface area contributed by atoms with Crippen molar-refractivity contribution in [3.8, 4) is 0 Å². The van der Waals surface area contributed by atoms with Gasteiger partial charge in [0.1, 0.15) is 0 Å². The second-order valence-electron chi connectivity index (χ2n) is 9.73. The third-order valence-corrected chi connectivity index (χ3v) is 17.2. The first-order valence-corrected chi connectivity index (χ1v) is 17.3. The minimum absolute atomic E-state index is 0. The molecule has 4 heteroatoms. The maximum absolute atomic E-state index is 6.44. The second kappa shape index (κ2) is 13.3. The van der Waals surface area contributed by atoms with Crippen LogP contribution in [0.5, 0.6) is 0 Å². The van der Waals surface area contributed by atoms with E-state index >= 15 is 0 Å². The molecule has 0 heterocycles. The summed E-state index contributed by atoms with van der Waals surface area (Å²) >= 11 is 0. The summed E-state index contributed by atoms with van der Waals surface area (Å²) in [5.41, 5.74) is 0. The molecule has 188 valence electrons. The predicted octanol–water partition coefficient (Wildman–Crippen LogP) is 1.70. The molecule has 0 spiro atoms. The van der Waals surface area contributed by atoms with Gasteiger partial charge in [-0.25, -0.2) is 0 Å². The van der Waals surface area contributed by atoms with Crippen molar-refractivity contribution >= 4 is 47.6 Å². The van der Waals surface area contributed by atoms with Crippen LogP contribution in [0.25, 0.3) is 4.65 Å². The average Bonchev–Trinajstić information content (AvgIpc) is 3.04. The fourth-order valence-electron chi connectivity index (χ4n) is 5.71. The number of benzene rings is 6. The molecule has 0 fully saturated rings. The Morgan fingerprint density at radius 3 is 0.550 bits per heavy atom. The number of hydrogen-bond acceptors (Lipinski definition) is 0. The molecule has 0 radical (unpaired) electrons. The third-order valence-electron chi connectivity index (χ3n) is 7.48. The molecule has 0 atom stereocenters. The maximum Gasteiger partial charge on any atom is 1.00 e. The quantitative estimate of drug-likeness (QED) is 0.195. The van der Waals surface area contributed by atoms with Crippen molar-refractivity contribution in [3.63, 3.8) is 0 Å². The Kier molecular flexibility index (Phi) is 9.63. The van der Waals surface area contributed by atoms with Crippen LogP contribution in [-0.4, -0.2) is 16.5 Å². The first-order chi connectivity index (χ1) is 19.3. The van der Waals surface area contributed by atoms with Crippen molar-refractivity contribution in [2.75, 3.05) is 0 Å². The molecular formula is C36H30KNSi2. The molecule has 0 aliphatic carbocycles. The Balaban J connectivity index is 0.00000323. The van der Waals surface area contributed by atoms with Crippen molar-refractivity contribution in [1.29, 1.82) is 0 Å². The summed E-state index contributed by atoms with van der Waals surface area (Å²) in [6.07, 6.45) is 0. The maximum atomic E-state index is 6.44. The van der Waals surface area contributed by atoms with Crippen LogP contribution in [0.3, 0.4) is 0 Å². The summed E-state index contributed by atoms with van der Waals surface area (Å²) in [6, 6.07) is 66.0. The summed E-state index contributed by atoms with van der Waals surface area (Å²) < 4.78 is 6.44. The van der Waals surface area contributed by atoms with Gasteiger partial charge in [0, 0.05) is 16.5 Å². The molecule has 0 saturated carbocycles. The summed E-state index contributed by atoms with van der Waals surface area (Å²) in [7, 11) is -5.84. The zero-order chi connectivity index (χ0) is 26.4. The van der Waals surface area contributed by atoms with E-state index in [1.165, 1.54) is 31.1 Å². The molecule has 0 amide bonds. The van der Waals surface area contributed by atoms with Gasteiger partial charge >= 0.3 is 51.4 Å². The van der Waals surface area contributed by atoms with Gasteiger partial charge < -0.3 is 4.65 Å². The minimum Gasteiger partial charge on any atom is -0.644 e. The number of hydrogen-bond donors (Lipinski definition) is 0. The molecule has 0 unspecified atom stereocenters. The van der Waals surface area contributed by atoms with Gasteiger partial charge in [-0.2, -0.15) is 0 Å². The van der Waals surface area contributed by atoms with Crippen LogP contribution in [0.2, 0.25) is 0 Å². The largest absolute Gasteiger partial charge is 1.00 e. The Hall–Kier alpha value is -2.65. The molecule has 0 N–H and O–H groups in total. The van der Waals surface area contributed by atoms with E-state index in [4.69, 9.17) is 4.65 Å². The Bertz CT molecular complexity index is 1280. The van der Waals surface area contributed by atoms with Gasteiger partial charge in [0.25, 0.3) is 0 Å². The van der Waals surface area contributed by atoms with E-state index < -0.39 is 16.5 Å². The van der Waals surface area contributed by atoms with Crippen LogP contribution in [-0.2, 0) is 0 Å². The van der Waals surface area contributed by atoms with Gasteiger partial charge in [-0.1, -0.05) is 213 Å². The van der Waals surface area contributed by atoms with Gasteiger partial charge in [-0.05, 0) is 0 Å². The second-order valence-corrected chi connectivity index (χ2v) is 16.9. The van der Waals surface area contributed by atoms with Crippen molar-refractivity contribution in [1.82, 2.24) is 0 Å². The van der Waals surface area contributed by atoms with Crippen LogP contribution >= 0.6 is 0 Å². The molecule has 0 aliphatic rings. The Morgan fingerprint density at radius 2 is 0.400 bits per heavy atom. The van der Waals surface area contributed by atoms with Crippen LogP contribution in [0.15, 0.2) is 182 Å². The molecule has 6 aromatic rings. The predicted molar refractivity (Wildman–Crippen MR) is 171 cm³/mol. The molecule has 0 saturated heterocycles. The number of nitrogens with zero attached hydrogens (tertiary/aromatic N) is 1. The standard InChI is InChI=1S/C36H30NSi2.K/c1-7-19-31(20-8-1)38(32-21-9-2-10-22-32,33-23-11-3-12-24-33)37-39(34-25-13-4-14-26-34,35-27-15-5-16-28-35)36-29-17-6-18-30-36;/h1-30H;/q-1;+1. The molecule has 40 heavy (non-hydrogen) atoms. The molecule has 0 bridgehead atoms. The molecule has 1 nitrogen and oxygen atoms in total. The summed E-state index contributed by atoms with van der Waals surface area (Å²) in [5, 5.41) is 7.76. The SMILES string of the molecule is [K+].c1ccc([Si]([N-][Si](c2ccccc2)(c2ccccc2)c2ccccc2)(c2ccccc2)c2ccccc2)cc1. The molecular weight excluding hydrogens is 542 g/mol. The van der Waals surface area contributed by atoms with Crippen LogP contribution < -0.4 is 82.5 Å². The van der Waals surface area contributed by atoms with Crippen LogP contribution in [0.4, 0.5) is 0 Å². The van der Waals surface area contributed by atoms with Gasteiger partial charge in [0.2, 0.25) is 0 Å². The summed E-state index contributed by atoms with van der Waals surface area (Å²) in [6.45, 7) is 0. The topological polar surface area (TPSA) is 14.1 Å². The van der Waals surface area contributed by atoms with Crippen molar-refractivity contribution < 1.29 is 51.4 Å². The Morgan fingerprint density at radius 1 is 0.250 bits per heavy atom. The van der Waals surface area contributed by atoms with Crippen LogP contribution in [0, 0.1) is 0 Å². The van der Waals surface area contributed by atoms with E-state index in [-0.39, 0.29) is 51.4 Å². The zero-order valence-electron chi connectivity index (χ0n) is 22.8. The monoisotopic (exact) mass is 571 g/mol. The molecule has 0 aromatic heterocycles. The van der Waals surface area contributed by atoms with Crippen LogP contribution in [0.1, 0.15) is 0 Å². The first-order valence-electron chi connectivity index (χ1n) is 13.4. The normalized spacial score (nSPS) is 11.4. The van der Waals surface area contributed by atoms with E-state index in [0.29, 0.717) is 0 Å². The summed E-state index contributed by atoms with van der Waals surface area (Å²) in [4.78, 5) is 0. The fourth-order valence-corrected chi connectivity index (χ4v) is 16.9. The Labute approximate surface area is 282 Å². The van der Waals surface area contributed by atoms with Gasteiger partial charge in [0.15, 0.2) is 0 Å². The van der Waals surface area contributed by atoms with Gasteiger partial charge in [0.05, 0.1) is 0 Å². The van der Waals surface area contributed by atoms with Crippen molar-refractivity contribution in [2.45, 2.75) is 0 Å². The van der Waals surface area contributed by atoms with E-state index in [2.05, 4.69) is 182 Å². The molecule has 6 aromatic carbocycles. The van der Waals surface area contributed by atoms with E-state index in [1.807, 2.05) is 0 Å². The van der Waals surface area contributed by atoms with E-state index in [9.17, 15) is 0 Å². The van der Waals surface area contributed by atoms with Crippen molar-refractivity contribution in [2.24, 2.45) is 0 Å². The van der Waals surface area contributed by atoms with E-state index in [0.717, 1.165) is 0 Å². The van der Waals surface area contributed by atoms with E-state index in [1.54, 1.807) is 0 Å². The third kappa shape index (κ3) is 5.47. The molecule has 0 aliphatic heterocycles. The average molecular weight is 572 g/mol. The van der Waals surface area contributed by atoms with Crippen molar-refractivity contribution in [3.05, 3.63) is 187 Å². The smallest absolute Gasteiger partial charge is 0.644 e. The zero-order valence-corrected chi connectivity index (χ0v) is 27.9. The summed E-state index contributed by atoms with van der Waals surface area (Å²) in [5.74, 6) is 0. The first kappa shape index (κ1) is 28.9. The fraction of sp³-hybridized carbons (Fsp3) is 0. The molecule has 6 rings (SSSR count).